The smallest absolute Gasteiger partial charge is 0.254 e. The maximum atomic E-state index is 13.2. The largest absolute Gasteiger partial charge is 0.479 e. The molecule has 0 unspecified atom stereocenters. The van der Waals surface area contributed by atoms with Crippen molar-refractivity contribution in [3.05, 3.63) is 72.0 Å². The monoisotopic (exact) mass is 447 g/mol. The molecule has 1 saturated heterocycles. The summed E-state index contributed by atoms with van der Waals surface area (Å²) in [6, 6.07) is 19.6. The van der Waals surface area contributed by atoms with Gasteiger partial charge in [0.2, 0.25) is 11.8 Å². The second-order valence-electron chi connectivity index (χ2n) is 8.12. The molecule has 0 N–H and O–H groups in total. The minimum atomic E-state index is -0.502. The molecule has 1 atom stereocenters. The van der Waals surface area contributed by atoms with E-state index in [1.54, 1.807) is 11.0 Å². The predicted octanol–water partition coefficient (Wildman–Crippen LogP) is 3.58. The molecule has 4 rings (SSSR count). The summed E-state index contributed by atoms with van der Waals surface area (Å²) in [4.78, 5) is 29.8. The van der Waals surface area contributed by atoms with Crippen LogP contribution in [0, 0.1) is 0 Å². The van der Waals surface area contributed by atoms with E-state index in [0.717, 1.165) is 16.7 Å². The lowest BCUT2D eigenvalue weighted by molar-refractivity contribution is -0.151. The van der Waals surface area contributed by atoms with E-state index in [-0.39, 0.29) is 18.2 Å². The maximum absolute atomic E-state index is 13.2. The van der Waals surface area contributed by atoms with Gasteiger partial charge in [0.25, 0.3) is 5.88 Å². The van der Waals surface area contributed by atoms with Crippen LogP contribution in [0.25, 0.3) is 11.1 Å². The van der Waals surface area contributed by atoms with Crippen molar-refractivity contribution in [2.24, 2.45) is 0 Å². The van der Waals surface area contributed by atoms with Gasteiger partial charge in [-0.25, -0.2) is 0 Å². The van der Waals surface area contributed by atoms with E-state index in [1.165, 1.54) is 7.11 Å². The number of aromatic nitrogens is 1. The first kappa shape index (κ1) is 22.6. The van der Waals surface area contributed by atoms with Crippen LogP contribution < -0.4 is 4.74 Å². The van der Waals surface area contributed by atoms with Crippen LogP contribution in [0.3, 0.4) is 0 Å². The Morgan fingerprint density at radius 2 is 1.82 bits per heavy atom. The molecule has 1 aliphatic rings. The van der Waals surface area contributed by atoms with E-state index in [0.29, 0.717) is 44.1 Å². The number of benzene rings is 2. The van der Waals surface area contributed by atoms with E-state index in [4.69, 9.17) is 9.26 Å². The molecule has 1 fully saturated rings. The fourth-order valence-corrected chi connectivity index (χ4v) is 4.22. The Bertz CT molecular complexity index is 1080. The summed E-state index contributed by atoms with van der Waals surface area (Å²) in [7, 11) is 1.52. The van der Waals surface area contributed by atoms with Crippen molar-refractivity contribution in [2.45, 2.75) is 32.2 Å². The van der Waals surface area contributed by atoms with Gasteiger partial charge in [-0.05, 0) is 28.8 Å². The van der Waals surface area contributed by atoms with Gasteiger partial charge in [-0.1, -0.05) is 54.6 Å². The number of piperazine rings is 1. The van der Waals surface area contributed by atoms with Gasteiger partial charge in [-0.3, -0.25) is 9.59 Å². The zero-order valence-electron chi connectivity index (χ0n) is 19.1. The Labute approximate surface area is 193 Å². The van der Waals surface area contributed by atoms with Crippen molar-refractivity contribution in [3.63, 3.8) is 0 Å². The summed E-state index contributed by atoms with van der Waals surface area (Å²) in [5.74, 6) is 0.929. The molecule has 172 valence electrons. The van der Waals surface area contributed by atoms with Crippen molar-refractivity contribution < 1.29 is 18.8 Å². The minimum absolute atomic E-state index is 0.00516. The second kappa shape index (κ2) is 10.3. The molecule has 7 heteroatoms. The van der Waals surface area contributed by atoms with E-state index >= 15 is 0 Å². The van der Waals surface area contributed by atoms with Crippen LogP contribution in [0.15, 0.2) is 65.2 Å². The number of ether oxygens (including phenoxy) is 1. The quantitative estimate of drug-likeness (QED) is 0.528. The Balaban J connectivity index is 1.47. The number of aryl methyl sites for hydroxylation is 1. The summed E-state index contributed by atoms with van der Waals surface area (Å²) in [6.45, 7) is 3.70. The molecule has 0 spiro atoms. The summed E-state index contributed by atoms with van der Waals surface area (Å²) in [6.07, 6.45) is 1.16. The van der Waals surface area contributed by atoms with Crippen LogP contribution in [0.2, 0.25) is 0 Å². The molecule has 2 aromatic carbocycles. The third kappa shape index (κ3) is 5.25. The summed E-state index contributed by atoms with van der Waals surface area (Å²) in [5, 5.41) is 3.78. The number of rotatable bonds is 8. The Hall–Kier alpha value is -3.61. The van der Waals surface area contributed by atoms with Gasteiger partial charge in [0.1, 0.15) is 11.8 Å². The number of nitrogens with zero attached hydrogens (tertiary/aromatic N) is 3. The van der Waals surface area contributed by atoms with Crippen LogP contribution in [0.5, 0.6) is 5.88 Å². The zero-order valence-corrected chi connectivity index (χ0v) is 19.1. The normalized spacial score (nSPS) is 16.2. The van der Waals surface area contributed by atoms with E-state index < -0.39 is 6.04 Å². The zero-order chi connectivity index (χ0) is 23.2. The highest BCUT2D eigenvalue weighted by atomic mass is 16.5. The first-order valence-electron chi connectivity index (χ1n) is 11.3. The highest BCUT2D eigenvalue weighted by molar-refractivity contribution is 5.89. The molecule has 0 bridgehead atoms. The fraction of sp³-hybridized carbons (Fsp3) is 0.346. The van der Waals surface area contributed by atoms with Crippen molar-refractivity contribution in [2.75, 3.05) is 26.7 Å². The average molecular weight is 448 g/mol. The SMILES string of the molecule is CCN1CCN(C(=O)CCc2cc(OC)no2)[C@@H](Cc2ccc(-c3ccccc3)cc2)C1=O. The predicted molar refractivity (Wildman–Crippen MR) is 125 cm³/mol. The van der Waals surface area contributed by atoms with Gasteiger partial charge in [0.05, 0.1) is 7.11 Å². The summed E-state index contributed by atoms with van der Waals surface area (Å²) >= 11 is 0. The van der Waals surface area contributed by atoms with Gasteiger partial charge < -0.3 is 19.1 Å². The topological polar surface area (TPSA) is 75.9 Å². The summed E-state index contributed by atoms with van der Waals surface area (Å²) < 4.78 is 10.2. The molecule has 0 aliphatic carbocycles. The number of carbonyl (C=O) groups excluding carboxylic acids is 2. The lowest BCUT2D eigenvalue weighted by Gasteiger charge is -2.40. The number of amides is 2. The second-order valence-corrected chi connectivity index (χ2v) is 8.12. The van der Waals surface area contributed by atoms with E-state index in [1.807, 2.05) is 42.2 Å². The highest BCUT2D eigenvalue weighted by Gasteiger charge is 2.36. The number of hydrogen-bond donors (Lipinski definition) is 0. The third-order valence-corrected chi connectivity index (χ3v) is 6.11. The molecular weight excluding hydrogens is 418 g/mol. The molecular formula is C26H29N3O4. The fourth-order valence-electron chi connectivity index (χ4n) is 4.22. The molecule has 1 aromatic heterocycles. The van der Waals surface area contributed by atoms with Crippen molar-refractivity contribution >= 4 is 11.8 Å². The number of methoxy groups -OCH3 is 1. The average Bonchev–Trinajstić information content (AvgIpc) is 3.33. The summed E-state index contributed by atoms with van der Waals surface area (Å²) in [5.41, 5.74) is 3.31. The molecule has 1 aliphatic heterocycles. The Morgan fingerprint density at radius 3 is 2.48 bits per heavy atom. The van der Waals surface area contributed by atoms with Gasteiger partial charge >= 0.3 is 0 Å². The van der Waals surface area contributed by atoms with Gasteiger partial charge in [-0.2, -0.15) is 0 Å². The maximum Gasteiger partial charge on any atom is 0.254 e. The minimum Gasteiger partial charge on any atom is -0.479 e. The number of hydrogen-bond acceptors (Lipinski definition) is 5. The third-order valence-electron chi connectivity index (χ3n) is 6.11. The molecule has 7 nitrogen and oxygen atoms in total. The van der Waals surface area contributed by atoms with Crippen LogP contribution in [0.4, 0.5) is 0 Å². The standard InChI is InChI=1S/C26H29N3O4/c1-3-28-15-16-29(25(30)14-13-22-18-24(32-2)27-33-22)23(26(28)31)17-19-9-11-21(12-10-19)20-7-5-4-6-8-20/h4-12,18,23H,3,13-17H2,1-2H3/t23-/m0/s1. The molecule has 0 radical (unpaired) electrons. The molecule has 2 amide bonds. The Morgan fingerprint density at radius 1 is 1.09 bits per heavy atom. The number of likely N-dealkylation sites (N-methyl/N-ethyl adjacent to an activating group) is 1. The van der Waals surface area contributed by atoms with E-state index in [2.05, 4.69) is 29.4 Å². The van der Waals surface area contributed by atoms with Crippen molar-refractivity contribution in [3.8, 4) is 17.0 Å². The highest BCUT2D eigenvalue weighted by Crippen LogP contribution is 2.23. The van der Waals surface area contributed by atoms with Crippen LogP contribution in [-0.4, -0.2) is 59.6 Å². The van der Waals surface area contributed by atoms with Gasteiger partial charge in [-0.15, -0.1) is 0 Å². The van der Waals surface area contributed by atoms with Crippen molar-refractivity contribution in [1.82, 2.24) is 15.0 Å². The first-order chi connectivity index (χ1) is 16.1. The van der Waals surface area contributed by atoms with Gasteiger partial charge in [0, 0.05) is 45.0 Å². The number of carbonyl (C=O) groups is 2. The molecule has 3 aromatic rings. The van der Waals surface area contributed by atoms with Gasteiger partial charge in [0.15, 0.2) is 0 Å². The van der Waals surface area contributed by atoms with Crippen LogP contribution in [-0.2, 0) is 22.4 Å². The Kier molecular flexibility index (Phi) is 7.07. The lowest BCUT2D eigenvalue weighted by Crippen LogP contribution is -2.59. The van der Waals surface area contributed by atoms with Crippen LogP contribution in [0.1, 0.15) is 24.7 Å². The molecule has 0 saturated carbocycles. The van der Waals surface area contributed by atoms with E-state index in [9.17, 15) is 9.59 Å². The first-order valence-corrected chi connectivity index (χ1v) is 11.3. The molecule has 2 heterocycles. The lowest BCUT2D eigenvalue weighted by atomic mass is 9.98. The van der Waals surface area contributed by atoms with Crippen LogP contribution >= 0.6 is 0 Å². The molecule has 33 heavy (non-hydrogen) atoms. The van der Waals surface area contributed by atoms with Crippen molar-refractivity contribution in [1.29, 1.82) is 0 Å².